The number of para-hydroxylation sites is 1. The molecule has 1 unspecified atom stereocenters. The van der Waals surface area contributed by atoms with E-state index in [0.29, 0.717) is 12.3 Å². The number of likely N-dealkylation sites (N-methyl/N-ethyl adjacent to an activating group) is 1. The molecule has 0 aliphatic heterocycles. The lowest BCUT2D eigenvalue weighted by atomic mass is 9.86. The first-order chi connectivity index (χ1) is 13.3. The van der Waals surface area contributed by atoms with Gasteiger partial charge in [-0.05, 0) is 41.8 Å². The molecule has 0 heterocycles. The van der Waals surface area contributed by atoms with E-state index in [1.165, 1.54) is 11.1 Å². The molecule has 0 fully saturated rings. The van der Waals surface area contributed by atoms with Gasteiger partial charge in [-0.3, -0.25) is 9.69 Å². The van der Waals surface area contributed by atoms with Crippen LogP contribution in [0.15, 0.2) is 54.6 Å². The highest BCUT2D eigenvalue weighted by molar-refractivity contribution is 5.85. The summed E-state index contributed by atoms with van der Waals surface area (Å²) in [5.41, 5.74) is 2.67. The number of hydrogen-bond donors (Lipinski definition) is 1. The molecule has 1 amide bonds. The first kappa shape index (κ1) is 25.0. The molecule has 0 bridgehead atoms. The van der Waals surface area contributed by atoms with Crippen molar-refractivity contribution >= 4 is 18.3 Å². The van der Waals surface area contributed by atoms with Crippen LogP contribution in [0.3, 0.4) is 0 Å². The second kappa shape index (κ2) is 11.8. The maximum Gasteiger partial charge on any atom is 0.258 e. The van der Waals surface area contributed by atoms with E-state index in [2.05, 4.69) is 69.1 Å². The molecule has 29 heavy (non-hydrogen) atoms. The van der Waals surface area contributed by atoms with Crippen LogP contribution >= 0.6 is 12.4 Å². The number of nitrogens with one attached hydrogen (secondary N) is 1. The molecule has 5 heteroatoms. The second-order valence-corrected chi connectivity index (χ2v) is 8.01. The number of nitrogens with zero attached hydrogens (tertiary/aromatic N) is 1. The van der Waals surface area contributed by atoms with Gasteiger partial charge in [0.25, 0.3) is 5.91 Å². The van der Waals surface area contributed by atoms with E-state index in [9.17, 15) is 4.79 Å². The topological polar surface area (TPSA) is 41.6 Å². The fraction of sp³-hybridized carbons (Fsp3) is 0.458. The van der Waals surface area contributed by atoms with Crippen molar-refractivity contribution in [2.45, 2.75) is 46.1 Å². The minimum absolute atomic E-state index is 0. The van der Waals surface area contributed by atoms with Gasteiger partial charge >= 0.3 is 0 Å². The zero-order valence-corrected chi connectivity index (χ0v) is 19.1. The number of hydrogen-bond acceptors (Lipinski definition) is 3. The summed E-state index contributed by atoms with van der Waals surface area (Å²) in [7, 11) is 0. The Morgan fingerprint density at radius 2 is 1.59 bits per heavy atom. The molecule has 1 atom stereocenters. The molecule has 0 radical (unpaired) electrons. The Hall–Kier alpha value is -2.04. The normalized spacial score (nSPS) is 12.2. The van der Waals surface area contributed by atoms with Crippen LogP contribution < -0.4 is 10.1 Å². The third-order valence-corrected chi connectivity index (χ3v) is 5.02. The zero-order valence-electron chi connectivity index (χ0n) is 18.3. The van der Waals surface area contributed by atoms with Crippen molar-refractivity contribution < 1.29 is 9.53 Å². The predicted molar refractivity (Wildman–Crippen MR) is 123 cm³/mol. The maximum atomic E-state index is 12.3. The highest BCUT2D eigenvalue weighted by Gasteiger charge is 2.20. The van der Waals surface area contributed by atoms with Gasteiger partial charge in [0.05, 0.1) is 6.04 Å². The minimum Gasteiger partial charge on any atom is -0.484 e. The predicted octanol–water partition coefficient (Wildman–Crippen LogP) is 4.98. The largest absolute Gasteiger partial charge is 0.484 e. The molecule has 0 saturated carbocycles. The van der Waals surface area contributed by atoms with E-state index in [0.717, 1.165) is 13.1 Å². The molecule has 4 nitrogen and oxygen atoms in total. The molecule has 0 aliphatic carbocycles. The van der Waals surface area contributed by atoms with Crippen LogP contribution in [0, 0.1) is 0 Å². The highest BCUT2D eigenvalue weighted by Crippen LogP contribution is 2.26. The second-order valence-electron chi connectivity index (χ2n) is 8.01. The first-order valence-corrected chi connectivity index (χ1v) is 10.1. The number of benzene rings is 2. The van der Waals surface area contributed by atoms with Gasteiger partial charge in [-0.25, -0.2) is 0 Å². The minimum atomic E-state index is -0.104. The molecule has 0 spiro atoms. The van der Waals surface area contributed by atoms with E-state index in [1.807, 2.05) is 30.3 Å². The van der Waals surface area contributed by atoms with Gasteiger partial charge in [-0.2, -0.15) is 0 Å². The summed E-state index contributed by atoms with van der Waals surface area (Å²) in [5, 5.41) is 3.04. The number of amides is 1. The summed E-state index contributed by atoms with van der Waals surface area (Å²) in [6.45, 7) is 13.4. The average Bonchev–Trinajstić information content (AvgIpc) is 2.70. The first-order valence-electron chi connectivity index (χ1n) is 10.1. The van der Waals surface area contributed by atoms with E-state index in [4.69, 9.17) is 4.74 Å². The van der Waals surface area contributed by atoms with Crippen molar-refractivity contribution in [3.05, 3.63) is 65.7 Å². The van der Waals surface area contributed by atoms with E-state index in [1.54, 1.807) is 0 Å². The number of rotatable bonds is 9. The summed E-state index contributed by atoms with van der Waals surface area (Å²) >= 11 is 0. The lowest BCUT2D eigenvalue weighted by Gasteiger charge is -2.31. The molecule has 160 valence electrons. The smallest absolute Gasteiger partial charge is 0.258 e. The Morgan fingerprint density at radius 1 is 1.00 bits per heavy atom. The third kappa shape index (κ3) is 7.71. The Balaban J connectivity index is 0.00000420. The molecular formula is C24H35ClN2O2. The summed E-state index contributed by atoms with van der Waals surface area (Å²) in [6.07, 6.45) is 0. The number of carbonyl (C=O) groups excluding carboxylic acids is 1. The van der Waals surface area contributed by atoms with Gasteiger partial charge in [-0.15, -0.1) is 12.4 Å². The van der Waals surface area contributed by atoms with E-state index < -0.39 is 0 Å². The molecular weight excluding hydrogens is 384 g/mol. The lowest BCUT2D eigenvalue weighted by Crippen LogP contribution is -2.39. The van der Waals surface area contributed by atoms with Crippen molar-refractivity contribution in [3.63, 3.8) is 0 Å². The van der Waals surface area contributed by atoms with Gasteiger partial charge in [0.15, 0.2) is 6.61 Å². The summed E-state index contributed by atoms with van der Waals surface area (Å²) in [6, 6.07) is 18.3. The van der Waals surface area contributed by atoms with Gasteiger partial charge in [0.2, 0.25) is 0 Å². The molecule has 2 aromatic rings. The maximum absolute atomic E-state index is 12.3. The number of carbonyl (C=O) groups is 1. The molecule has 0 aliphatic rings. The van der Waals surface area contributed by atoms with Crippen LogP contribution in [-0.2, 0) is 10.2 Å². The lowest BCUT2D eigenvalue weighted by molar-refractivity contribution is -0.123. The Kier molecular flexibility index (Phi) is 10.2. The summed E-state index contributed by atoms with van der Waals surface area (Å²) in [4.78, 5) is 14.6. The molecule has 2 rings (SSSR count). The highest BCUT2D eigenvalue weighted by atomic mass is 35.5. The molecule has 0 saturated heterocycles. The van der Waals surface area contributed by atoms with Gasteiger partial charge < -0.3 is 10.1 Å². The Bertz CT molecular complexity index is 723. The number of ether oxygens (including phenoxy) is 1. The van der Waals surface area contributed by atoms with Crippen molar-refractivity contribution in [1.29, 1.82) is 0 Å². The zero-order chi connectivity index (χ0) is 20.6. The van der Waals surface area contributed by atoms with Crippen LogP contribution in [0.2, 0.25) is 0 Å². The standard InChI is InChI=1S/C24H34N2O2.ClH/c1-6-26(7-2)22(19-13-15-20(16-14-19)24(3,4)5)17-25-23(27)18-28-21-11-9-8-10-12-21;/h8-16,22H,6-7,17-18H2,1-5H3,(H,25,27);1H. The quantitative estimate of drug-likeness (QED) is 0.624. The fourth-order valence-corrected chi connectivity index (χ4v) is 3.25. The van der Waals surface area contributed by atoms with Crippen LogP contribution in [0.25, 0.3) is 0 Å². The summed E-state index contributed by atoms with van der Waals surface area (Å²) < 4.78 is 5.55. The summed E-state index contributed by atoms with van der Waals surface area (Å²) in [5.74, 6) is 0.600. The van der Waals surface area contributed by atoms with Crippen LogP contribution in [0.1, 0.15) is 51.8 Å². The van der Waals surface area contributed by atoms with Gasteiger partial charge in [0.1, 0.15) is 5.75 Å². The van der Waals surface area contributed by atoms with Crippen molar-refractivity contribution in [2.24, 2.45) is 0 Å². The molecule has 2 aromatic carbocycles. The van der Waals surface area contributed by atoms with E-state index >= 15 is 0 Å². The number of halogens is 1. The van der Waals surface area contributed by atoms with Crippen molar-refractivity contribution in [2.75, 3.05) is 26.2 Å². The van der Waals surface area contributed by atoms with Crippen molar-refractivity contribution in [1.82, 2.24) is 10.2 Å². The van der Waals surface area contributed by atoms with Crippen molar-refractivity contribution in [3.8, 4) is 5.75 Å². The molecule has 1 N–H and O–H groups in total. The van der Waals surface area contributed by atoms with Gasteiger partial charge in [-0.1, -0.05) is 77.1 Å². The van der Waals surface area contributed by atoms with Crippen LogP contribution in [0.4, 0.5) is 0 Å². The Morgan fingerprint density at radius 3 is 2.10 bits per heavy atom. The third-order valence-electron chi connectivity index (χ3n) is 5.02. The van der Waals surface area contributed by atoms with E-state index in [-0.39, 0.29) is 36.4 Å². The van der Waals surface area contributed by atoms with Gasteiger partial charge in [0, 0.05) is 6.54 Å². The molecule has 0 aromatic heterocycles. The monoisotopic (exact) mass is 418 g/mol. The van der Waals surface area contributed by atoms with Crippen LogP contribution in [-0.4, -0.2) is 37.0 Å². The SMILES string of the molecule is CCN(CC)C(CNC(=O)COc1ccccc1)c1ccc(C(C)(C)C)cc1.Cl. The van der Waals surface area contributed by atoms with Crippen LogP contribution in [0.5, 0.6) is 5.75 Å². The fourth-order valence-electron chi connectivity index (χ4n) is 3.25. The average molecular weight is 419 g/mol. The Labute approximate surface area is 182 Å².